The molecule has 1 rings (SSSR count). The van der Waals surface area contributed by atoms with Gasteiger partial charge in [-0.15, -0.1) is 0 Å². The average molecular weight is 178 g/mol. The fraction of sp³-hybridized carbons (Fsp3) is 0.500. The third-order valence-corrected chi connectivity index (χ3v) is 2.45. The molecule has 0 amide bonds. The van der Waals surface area contributed by atoms with E-state index in [0.717, 1.165) is 0 Å². The van der Waals surface area contributed by atoms with Crippen LogP contribution in [0.4, 0.5) is 0 Å². The van der Waals surface area contributed by atoms with E-state index in [2.05, 4.69) is 38.1 Å². The van der Waals surface area contributed by atoms with Crippen LogP contribution in [0.1, 0.15) is 43.7 Å². The predicted molar refractivity (Wildman–Crippen MR) is 56.0 cm³/mol. The third-order valence-electron chi connectivity index (χ3n) is 2.45. The summed E-state index contributed by atoms with van der Waals surface area (Å²) < 4.78 is 0. The van der Waals surface area contributed by atoms with Crippen molar-refractivity contribution in [2.24, 2.45) is 0 Å². The van der Waals surface area contributed by atoms with Crippen molar-refractivity contribution in [2.45, 2.75) is 32.6 Å². The van der Waals surface area contributed by atoms with Crippen LogP contribution in [-0.2, 0) is 0 Å². The Morgan fingerprint density at radius 3 is 1.85 bits per heavy atom. The molecule has 1 aromatic carbocycles. The second-order valence-electron chi connectivity index (χ2n) is 3.90. The summed E-state index contributed by atoms with van der Waals surface area (Å²) in [6, 6.07) is 8.50. The lowest BCUT2D eigenvalue weighted by atomic mass is 9.97. The van der Waals surface area contributed by atoms with Crippen LogP contribution >= 0.6 is 0 Å². The molecule has 1 N–H and O–H groups in total. The van der Waals surface area contributed by atoms with Gasteiger partial charge in [-0.3, -0.25) is 0 Å². The molecule has 0 aliphatic heterocycles. The normalized spacial score (nSPS) is 13.3. The minimum absolute atomic E-state index is 0.223. The number of aliphatic hydroxyl groups is 1. The Morgan fingerprint density at radius 1 is 1.00 bits per heavy atom. The summed E-state index contributed by atoms with van der Waals surface area (Å²) in [4.78, 5) is 0. The SMILES string of the molecule is CC(C)c1ccc([C@@H](C)CO)cc1. The number of hydrogen-bond donors (Lipinski definition) is 1. The summed E-state index contributed by atoms with van der Waals surface area (Å²) in [7, 11) is 0. The van der Waals surface area contributed by atoms with Gasteiger partial charge in [-0.25, -0.2) is 0 Å². The monoisotopic (exact) mass is 178 g/mol. The van der Waals surface area contributed by atoms with Crippen LogP contribution in [-0.4, -0.2) is 11.7 Å². The molecule has 1 atom stereocenters. The van der Waals surface area contributed by atoms with Crippen molar-refractivity contribution in [3.63, 3.8) is 0 Å². The summed E-state index contributed by atoms with van der Waals surface area (Å²) in [5.41, 5.74) is 2.57. The Morgan fingerprint density at radius 2 is 1.46 bits per heavy atom. The molecule has 72 valence electrons. The smallest absolute Gasteiger partial charge is 0.0497 e. The minimum Gasteiger partial charge on any atom is -0.396 e. The zero-order valence-electron chi connectivity index (χ0n) is 8.62. The highest BCUT2D eigenvalue weighted by Crippen LogP contribution is 2.19. The topological polar surface area (TPSA) is 20.2 Å². The largest absolute Gasteiger partial charge is 0.396 e. The van der Waals surface area contributed by atoms with E-state index in [1.165, 1.54) is 11.1 Å². The van der Waals surface area contributed by atoms with Gasteiger partial charge in [0.05, 0.1) is 0 Å². The molecule has 0 aliphatic carbocycles. The van der Waals surface area contributed by atoms with Gasteiger partial charge in [0, 0.05) is 12.5 Å². The van der Waals surface area contributed by atoms with Crippen LogP contribution in [0, 0.1) is 0 Å². The first kappa shape index (κ1) is 10.3. The predicted octanol–water partition coefficient (Wildman–Crippen LogP) is 2.91. The summed E-state index contributed by atoms with van der Waals surface area (Å²) >= 11 is 0. The van der Waals surface area contributed by atoms with Gasteiger partial charge in [0.1, 0.15) is 0 Å². The molecule has 0 radical (unpaired) electrons. The van der Waals surface area contributed by atoms with Gasteiger partial charge < -0.3 is 5.11 Å². The van der Waals surface area contributed by atoms with E-state index in [-0.39, 0.29) is 12.5 Å². The molecular weight excluding hydrogens is 160 g/mol. The second kappa shape index (κ2) is 4.43. The molecule has 0 saturated carbocycles. The van der Waals surface area contributed by atoms with Gasteiger partial charge in [0.25, 0.3) is 0 Å². The zero-order chi connectivity index (χ0) is 9.84. The zero-order valence-corrected chi connectivity index (χ0v) is 8.62. The molecule has 13 heavy (non-hydrogen) atoms. The van der Waals surface area contributed by atoms with Crippen molar-refractivity contribution in [1.82, 2.24) is 0 Å². The molecular formula is C12H18O. The van der Waals surface area contributed by atoms with Crippen molar-refractivity contribution in [3.05, 3.63) is 35.4 Å². The maximum atomic E-state index is 8.97. The van der Waals surface area contributed by atoms with E-state index in [4.69, 9.17) is 5.11 Å². The highest BCUT2D eigenvalue weighted by atomic mass is 16.3. The molecule has 0 fully saturated rings. The van der Waals surface area contributed by atoms with Crippen LogP contribution in [0.15, 0.2) is 24.3 Å². The van der Waals surface area contributed by atoms with E-state index in [1.807, 2.05) is 6.92 Å². The van der Waals surface area contributed by atoms with Crippen LogP contribution in [0.25, 0.3) is 0 Å². The van der Waals surface area contributed by atoms with E-state index in [1.54, 1.807) is 0 Å². The van der Waals surface area contributed by atoms with Gasteiger partial charge in [-0.1, -0.05) is 45.0 Å². The second-order valence-corrected chi connectivity index (χ2v) is 3.90. The van der Waals surface area contributed by atoms with E-state index in [0.29, 0.717) is 5.92 Å². The molecule has 0 heterocycles. The molecule has 1 aromatic rings. The quantitative estimate of drug-likeness (QED) is 0.754. The molecule has 0 spiro atoms. The average Bonchev–Trinajstić information content (AvgIpc) is 2.17. The Balaban J connectivity index is 2.81. The fourth-order valence-electron chi connectivity index (χ4n) is 1.31. The van der Waals surface area contributed by atoms with E-state index < -0.39 is 0 Å². The summed E-state index contributed by atoms with van der Waals surface area (Å²) in [5.74, 6) is 0.833. The molecule has 1 heteroatoms. The molecule has 0 aromatic heterocycles. The Labute approximate surface area is 80.4 Å². The summed E-state index contributed by atoms with van der Waals surface area (Å²) in [6.45, 7) is 6.63. The van der Waals surface area contributed by atoms with Gasteiger partial charge >= 0.3 is 0 Å². The van der Waals surface area contributed by atoms with Gasteiger partial charge in [-0.2, -0.15) is 0 Å². The lowest BCUT2D eigenvalue weighted by Crippen LogP contribution is -1.99. The first-order chi connectivity index (χ1) is 6.15. The van der Waals surface area contributed by atoms with Crippen molar-refractivity contribution in [3.8, 4) is 0 Å². The first-order valence-corrected chi connectivity index (χ1v) is 4.86. The maximum absolute atomic E-state index is 8.97. The molecule has 0 aliphatic rings. The number of benzene rings is 1. The lowest BCUT2D eigenvalue weighted by Gasteiger charge is -2.10. The van der Waals surface area contributed by atoms with Crippen molar-refractivity contribution < 1.29 is 5.11 Å². The number of rotatable bonds is 3. The van der Waals surface area contributed by atoms with E-state index in [9.17, 15) is 0 Å². The van der Waals surface area contributed by atoms with Crippen molar-refractivity contribution >= 4 is 0 Å². The molecule has 1 nitrogen and oxygen atoms in total. The highest BCUT2D eigenvalue weighted by molar-refractivity contribution is 5.26. The number of hydrogen-bond acceptors (Lipinski definition) is 1. The number of aliphatic hydroxyl groups excluding tert-OH is 1. The third kappa shape index (κ3) is 2.56. The Kier molecular flexibility index (Phi) is 3.49. The van der Waals surface area contributed by atoms with Gasteiger partial charge in [0.15, 0.2) is 0 Å². The highest BCUT2D eigenvalue weighted by Gasteiger charge is 2.04. The van der Waals surface area contributed by atoms with Crippen LogP contribution in [0.2, 0.25) is 0 Å². The van der Waals surface area contributed by atoms with Crippen LogP contribution < -0.4 is 0 Å². The molecule has 0 saturated heterocycles. The van der Waals surface area contributed by atoms with Gasteiger partial charge in [0.2, 0.25) is 0 Å². The van der Waals surface area contributed by atoms with Gasteiger partial charge in [-0.05, 0) is 17.0 Å². The maximum Gasteiger partial charge on any atom is 0.0497 e. The van der Waals surface area contributed by atoms with Crippen LogP contribution in [0.5, 0.6) is 0 Å². The minimum atomic E-state index is 0.223. The van der Waals surface area contributed by atoms with E-state index >= 15 is 0 Å². The molecule has 0 bridgehead atoms. The van der Waals surface area contributed by atoms with Crippen molar-refractivity contribution in [2.75, 3.05) is 6.61 Å². The molecule has 0 unspecified atom stereocenters. The Hall–Kier alpha value is -0.820. The lowest BCUT2D eigenvalue weighted by molar-refractivity contribution is 0.273. The van der Waals surface area contributed by atoms with Crippen molar-refractivity contribution in [1.29, 1.82) is 0 Å². The van der Waals surface area contributed by atoms with Crippen LogP contribution in [0.3, 0.4) is 0 Å². The summed E-state index contributed by atoms with van der Waals surface area (Å²) in [6.07, 6.45) is 0. The first-order valence-electron chi connectivity index (χ1n) is 4.86. The summed E-state index contributed by atoms with van der Waals surface area (Å²) in [5, 5.41) is 8.97. The standard InChI is InChI=1S/C12H18O/c1-9(2)11-4-6-12(7-5-11)10(3)8-13/h4-7,9-10,13H,8H2,1-3H3/t10-/m0/s1. The Bertz CT molecular complexity index is 248. The fourth-order valence-corrected chi connectivity index (χ4v) is 1.31.